The fourth-order valence-electron chi connectivity index (χ4n) is 1.38. The Morgan fingerprint density at radius 1 is 1.50 bits per heavy atom. The van der Waals surface area contributed by atoms with Crippen LogP contribution >= 0.6 is 0 Å². The lowest BCUT2D eigenvalue weighted by Crippen LogP contribution is -2.39. The van der Waals surface area contributed by atoms with E-state index in [-0.39, 0.29) is 25.0 Å². The lowest BCUT2D eigenvalue weighted by molar-refractivity contribution is -0.140. The van der Waals surface area contributed by atoms with Crippen LogP contribution in [0.3, 0.4) is 0 Å². The largest absolute Gasteiger partial charge is 0.469 e. The molecule has 0 aliphatic rings. The molecule has 6 nitrogen and oxygen atoms in total. The standard InChI is InChI=1S/C12H22N2O4/c1-3-7-14(8-9-15)10-11(16)13-6-4-5-12(17)18-2/h3,15H,1,4-10H2,2H3,(H,13,16). The molecule has 0 rings (SSSR count). The van der Waals surface area contributed by atoms with Gasteiger partial charge < -0.3 is 15.2 Å². The molecular formula is C12H22N2O4. The lowest BCUT2D eigenvalue weighted by atomic mass is 10.3. The van der Waals surface area contributed by atoms with Gasteiger partial charge in [-0.25, -0.2) is 0 Å². The van der Waals surface area contributed by atoms with Gasteiger partial charge >= 0.3 is 5.97 Å². The van der Waals surface area contributed by atoms with Gasteiger partial charge in [0.15, 0.2) is 0 Å². The van der Waals surface area contributed by atoms with Gasteiger partial charge in [0.25, 0.3) is 0 Å². The number of nitrogens with zero attached hydrogens (tertiary/aromatic N) is 1. The Morgan fingerprint density at radius 2 is 2.22 bits per heavy atom. The average molecular weight is 258 g/mol. The van der Waals surface area contributed by atoms with Crippen molar-refractivity contribution in [2.75, 3.05) is 39.9 Å². The summed E-state index contributed by atoms with van der Waals surface area (Å²) >= 11 is 0. The van der Waals surface area contributed by atoms with Crippen LogP contribution in [0.4, 0.5) is 0 Å². The van der Waals surface area contributed by atoms with Gasteiger partial charge in [-0.05, 0) is 6.42 Å². The smallest absolute Gasteiger partial charge is 0.305 e. The summed E-state index contributed by atoms with van der Waals surface area (Å²) < 4.78 is 4.49. The molecular weight excluding hydrogens is 236 g/mol. The maximum atomic E-state index is 11.5. The van der Waals surface area contributed by atoms with Crippen LogP contribution in [0.2, 0.25) is 0 Å². The van der Waals surface area contributed by atoms with Gasteiger partial charge in [0.05, 0.1) is 20.3 Å². The van der Waals surface area contributed by atoms with Crippen molar-refractivity contribution in [3.05, 3.63) is 12.7 Å². The van der Waals surface area contributed by atoms with Crippen LogP contribution in [-0.4, -0.2) is 61.8 Å². The number of carbonyl (C=O) groups excluding carboxylic acids is 2. The highest BCUT2D eigenvalue weighted by Gasteiger charge is 2.08. The zero-order chi connectivity index (χ0) is 13.8. The third-order valence-electron chi connectivity index (χ3n) is 2.28. The Labute approximate surface area is 108 Å². The molecule has 0 aliphatic heterocycles. The quantitative estimate of drug-likeness (QED) is 0.315. The van der Waals surface area contributed by atoms with Crippen LogP contribution in [0.1, 0.15) is 12.8 Å². The minimum Gasteiger partial charge on any atom is -0.469 e. The van der Waals surface area contributed by atoms with E-state index in [2.05, 4.69) is 16.6 Å². The molecule has 2 N–H and O–H groups in total. The van der Waals surface area contributed by atoms with E-state index in [0.717, 1.165) is 0 Å². The number of amides is 1. The van der Waals surface area contributed by atoms with E-state index < -0.39 is 0 Å². The number of nitrogens with one attached hydrogen (secondary N) is 1. The van der Waals surface area contributed by atoms with Crippen LogP contribution in [0.15, 0.2) is 12.7 Å². The number of rotatable bonds is 10. The van der Waals surface area contributed by atoms with Crippen LogP contribution < -0.4 is 5.32 Å². The fraction of sp³-hybridized carbons (Fsp3) is 0.667. The predicted octanol–water partition coefficient (Wildman–Crippen LogP) is -0.464. The molecule has 0 unspecified atom stereocenters. The highest BCUT2D eigenvalue weighted by molar-refractivity contribution is 5.78. The molecule has 0 aromatic carbocycles. The molecule has 0 fully saturated rings. The minimum absolute atomic E-state index is 0.00343. The molecule has 18 heavy (non-hydrogen) atoms. The Bertz CT molecular complexity index is 269. The minimum atomic E-state index is -0.280. The average Bonchev–Trinajstić information content (AvgIpc) is 2.35. The molecule has 1 amide bonds. The number of ether oxygens (including phenoxy) is 1. The van der Waals surface area contributed by atoms with Crippen LogP contribution in [-0.2, 0) is 14.3 Å². The molecule has 0 saturated heterocycles. The summed E-state index contributed by atoms with van der Waals surface area (Å²) in [5, 5.41) is 11.5. The van der Waals surface area contributed by atoms with E-state index in [1.807, 2.05) is 0 Å². The normalized spacial score (nSPS) is 10.2. The summed E-state index contributed by atoms with van der Waals surface area (Å²) in [5.41, 5.74) is 0. The number of aliphatic hydroxyl groups excluding tert-OH is 1. The highest BCUT2D eigenvalue weighted by Crippen LogP contribution is 1.91. The van der Waals surface area contributed by atoms with Gasteiger partial charge in [-0.1, -0.05) is 6.08 Å². The van der Waals surface area contributed by atoms with Gasteiger partial charge in [-0.2, -0.15) is 0 Å². The number of carbonyl (C=O) groups is 2. The van der Waals surface area contributed by atoms with Crippen molar-refractivity contribution in [2.45, 2.75) is 12.8 Å². The monoisotopic (exact) mass is 258 g/mol. The third kappa shape index (κ3) is 8.72. The second-order valence-corrected chi connectivity index (χ2v) is 3.78. The molecule has 6 heteroatoms. The van der Waals surface area contributed by atoms with E-state index in [4.69, 9.17) is 5.11 Å². The molecule has 0 atom stereocenters. The number of hydrogen-bond acceptors (Lipinski definition) is 5. The van der Waals surface area contributed by atoms with Crippen molar-refractivity contribution in [1.82, 2.24) is 10.2 Å². The highest BCUT2D eigenvalue weighted by atomic mass is 16.5. The van der Waals surface area contributed by atoms with Gasteiger partial charge in [-0.15, -0.1) is 6.58 Å². The predicted molar refractivity (Wildman–Crippen MR) is 68.0 cm³/mol. The number of hydrogen-bond donors (Lipinski definition) is 2. The first-order valence-electron chi connectivity index (χ1n) is 5.91. The Kier molecular flexibility index (Phi) is 9.90. The zero-order valence-electron chi connectivity index (χ0n) is 10.9. The van der Waals surface area contributed by atoms with Crippen molar-refractivity contribution in [2.24, 2.45) is 0 Å². The second-order valence-electron chi connectivity index (χ2n) is 3.78. The summed E-state index contributed by atoms with van der Waals surface area (Å²) in [6.07, 6.45) is 2.53. The molecule has 0 aliphatic carbocycles. The number of methoxy groups -OCH3 is 1. The first kappa shape index (κ1) is 16.6. The van der Waals surface area contributed by atoms with Gasteiger partial charge in [-0.3, -0.25) is 14.5 Å². The maximum absolute atomic E-state index is 11.5. The summed E-state index contributed by atoms with van der Waals surface area (Å²) in [7, 11) is 1.34. The van der Waals surface area contributed by atoms with Crippen molar-refractivity contribution in [3.63, 3.8) is 0 Å². The van der Waals surface area contributed by atoms with Gasteiger partial charge in [0.1, 0.15) is 0 Å². The maximum Gasteiger partial charge on any atom is 0.305 e. The van der Waals surface area contributed by atoms with E-state index in [0.29, 0.717) is 32.5 Å². The topological polar surface area (TPSA) is 78.9 Å². The summed E-state index contributed by atoms with van der Waals surface area (Å²) in [6, 6.07) is 0. The van der Waals surface area contributed by atoms with Crippen LogP contribution in [0.5, 0.6) is 0 Å². The Hall–Kier alpha value is -1.40. The molecule has 0 radical (unpaired) electrons. The Balaban J connectivity index is 3.73. The Morgan fingerprint density at radius 3 is 2.78 bits per heavy atom. The van der Waals surface area contributed by atoms with Gasteiger partial charge in [0.2, 0.25) is 5.91 Å². The second kappa shape index (κ2) is 10.7. The fourth-order valence-corrected chi connectivity index (χ4v) is 1.38. The van der Waals surface area contributed by atoms with Crippen LogP contribution in [0.25, 0.3) is 0 Å². The van der Waals surface area contributed by atoms with Crippen molar-refractivity contribution < 1.29 is 19.4 Å². The summed E-state index contributed by atoms with van der Waals surface area (Å²) in [6.45, 7) is 5.23. The summed E-state index contributed by atoms with van der Waals surface area (Å²) in [4.78, 5) is 24.1. The van der Waals surface area contributed by atoms with E-state index in [1.165, 1.54) is 7.11 Å². The first-order chi connectivity index (χ1) is 8.63. The SMILES string of the molecule is C=CCN(CCO)CC(=O)NCCCC(=O)OC. The molecule has 0 aromatic heterocycles. The molecule has 0 bridgehead atoms. The lowest BCUT2D eigenvalue weighted by Gasteiger charge is -2.18. The van der Waals surface area contributed by atoms with Crippen molar-refractivity contribution >= 4 is 11.9 Å². The van der Waals surface area contributed by atoms with Crippen molar-refractivity contribution in [3.8, 4) is 0 Å². The molecule has 0 spiro atoms. The first-order valence-corrected chi connectivity index (χ1v) is 5.91. The summed E-state index contributed by atoms with van der Waals surface area (Å²) in [5.74, 6) is -0.409. The van der Waals surface area contributed by atoms with E-state index in [1.54, 1.807) is 11.0 Å². The van der Waals surface area contributed by atoms with E-state index >= 15 is 0 Å². The van der Waals surface area contributed by atoms with E-state index in [9.17, 15) is 9.59 Å². The molecule has 0 heterocycles. The van der Waals surface area contributed by atoms with Crippen LogP contribution in [0, 0.1) is 0 Å². The third-order valence-corrected chi connectivity index (χ3v) is 2.28. The molecule has 0 saturated carbocycles. The van der Waals surface area contributed by atoms with Crippen molar-refractivity contribution in [1.29, 1.82) is 0 Å². The molecule has 104 valence electrons. The molecule has 0 aromatic rings. The zero-order valence-corrected chi connectivity index (χ0v) is 10.9. The number of esters is 1. The number of aliphatic hydroxyl groups is 1. The van der Waals surface area contributed by atoms with Gasteiger partial charge in [0, 0.05) is 26.1 Å².